The summed E-state index contributed by atoms with van der Waals surface area (Å²) in [5, 5.41) is 0. The Morgan fingerprint density at radius 2 is 1.95 bits per heavy atom. The second-order valence-electron chi connectivity index (χ2n) is 5.95. The normalized spacial score (nSPS) is 14.6. The van der Waals surface area contributed by atoms with Crippen LogP contribution in [0.3, 0.4) is 0 Å². The van der Waals surface area contributed by atoms with Gasteiger partial charge in [-0.25, -0.2) is 4.39 Å². The van der Waals surface area contributed by atoms with Crippen molar-refractivity contribution in [2.75, 3.05) is 5.73 Å². The Kier molecular flexibility index (Phi) is 3.93. The second kappa shape index (κ2) is 5.86. The maximum absolute atomic E-state index is 13.5. The maximum Gasteiger partial charge on any atom is 0.123 e. The number of nitrogen functional groups attached to an aromatic ring is 1. The molecule has 0 spiro atoms. The molecular weight excluding hydrogens is 263 g/mol. The van der Waals surface area contributed by atoms with Crippen molar-refractivity contribution in [1.29, 1.82) is 0 Å². The molecule has 0 heterocycles. The van der Waals surface area contributed by atoms with Crippen molar-refractivity contribution in [3.8, 4) is 0 Å². The van der Waals surface area contributed by atoms with Gasteiger partial charge in [0.05, 0.1) is 0 Å². The van der Waals surface area contributed by atoms with Crippen molar-refractivity contribution in [1.82, 2.24) is 4.90 Å². The van der Waals surface area contributed by atoms with E-state index in [9.17, 15) is 4.39 Å². The smallest absolute Gasteiger partial charge is 0.123 e. The SMILES string of the molecule is Cc1ccc(F)cc1CN(Cc1cccc(N)c1)C1CC1. The molecule has 2 aromatic carbocycles. The maximum atomic E-state index is 13.5. The van der Waals surface area contributed by atoms with E-state index >= 15 is 0 Å². The van der Waals surface area contributed by atoms with Gasteiger partial charge in [-0.05, 0) is 60.7 Å². The molecule has 0 radical (unpaired) electrons. The largest absolute Gasteiger partial charge is 0.399 e. The fourth-order valence-corrected chi connectivity index (χ4v) is 2.71. The lowest BCUT2D eigenvalue weighted by molar-refractivity contribution is 0.245. The molecule has 1 aliphatic carbocycles. The van der Waals surface area contributed by atoms with E-state index in [1.807, 2.05) is 31.2 Å². The summed E-state index contributed by atoms with van der Waals surface area (Å²) in [7, 11) is 0. The fourth-order valence-electron chi connectivity index (χ4n) is 2.71. The van der Waals surface area contributed by atoms with Crippen LogP contribution >= 0.6 is 0 Å². The highest BCUT2D eigenvalue weighted by Crippen LogP contribution is 2.30. The van der Waals surface area contributed by atoms with Gasteiger partial charge < -0.3 is 5.73 Å². The number of hydrogen-bond acceptors (Lipinski definition) is 2. The van der Waals surface area contributed by atoms with E-state index < -0.39 is 0 Å². The van der Waals surface area contributed by atoms with Gasteiger partial charge in [0.2, 0.25) is 0 Å². The summed E-state index contributed by atoms with van der Waals surface area (Å²) in [6, 6.07) is 13.7. The molecule has 3 heteroatoms. The number of nitrogens with two attached hydrogens (primary N) is 1. The van der Waals surface area contributed by atoms with Gasteiger partial charge in [-0.15, -0.1) is 0 Å². The van der Waals surface area contributed by atoms with Crippen molar-refractivity contribution in [3.63, 3.8) is 0 Å². The van der Waals surface area contributed by atoms with Gasteiger partial charge in [-0.1, -0.05) is 18.2 Å². The standard InChI is InChI=1S/C18H21FN2/c1-13-5-6-16(19)10-15(13)12-21(18-7-8-18)11-14-3-2-4-17(20)9-14/h2-6,9-10,18H,7-8,11-12,20H2,1H3. The van der Waals surface area contributed by atoms with Crippen LogP contribution in [0.4, 0.5) is 10.1 Å². The Balaban J connectivity index is 1.77. The van der Waals surface area contributed by atoms with E-state index in [2.05, 4.69) is 11.0 Å². The average Bonchev–Trinajstić information content (AvgIpc) is 3.27. The van der Waals surface area contributed by atoms with Crippen molar-refractivity contribution in [3.05, 3.63) is 65.0 Å². The molecule has 0 unspecified atom stereocenters. The number of aryl methyl sites for hydroxylation is 1. The Labute approximate surface area is 125 Å². The highest BCUT2D eigenvalue weighted by atomic mass is 19.1. The van der Waals surface area contributed by atoms with Crippen molar-refractivity contribution in [2.24, 2.45) is 0 Å². The van der Waals surface area contributed by atoms with Crippen LogP contribution in [0.1, 0.15) is 29.5 Å². The van der Waals surface area contributed by atoms with Gasteiger partial charge in [0.1, 0.15) is 5.82 Å². The molecule has 3 rings (SSSR count). The highest BCUT2D eigenvalue weighted by Gasteiger charge is 2.29. The molecule has 110 valence electrons. The van der Waals surface area contributed by atoms with Gasteiger partial charge in [-0.3, -0.25) is 4.90 Å². The Hall–Kier alpha value is -1.87. The third-order valence-electron chi connectivity index (χ3n) is 4.08. The van der Waals surface area contributed by atoms with E-state index in [0.717, 1.165) is 29.9 Å². The van der Waals surface area contributed by atoms with Crippen LogP contribution in [-0.2, 0) is 13.1 Å². The molecule has 2 aromatic rings. The highest BCUT2D eigenvalue weighted by molar-refractivity contribution is 5.40. The van der Waals surface area contributed by atoms with Crippen LogP contribution in [0.2, 0.25) is 0 Å². The number of anilines is 1. The molecule has 2 nitrogen and oxygen atoms in total. The Bertz CT molecular complexity index is 635. The van der Waals surface area contributed by atoms with Crippen molar-refractivity contribution >= 4 is 5.69 Å². The Morgan fingerprint density at radius 3 is 2.67 bits per heavy atom. The number of hydrogen-bond donors (Lipinski definition) is 1. The van der Waals surface area contributed by atoms with Crippen LogP contribution in [-0.4, -0.2) is 10.9 Å². The lowest BCUT2D eigenvalue weighted by atomic mass is 10.1. The van der Waals surface area contributed by atoms with Gasteiger partial charge in [0.15, 0.2) is 0 Å². The molecule has 1 fully saturated rings. The minimum Gasteiger partial charge on any atom is -0.399 e. The predicted octanol–water partition coefficient (Wildman–Crippen LogP) is 3.88. The lowest BCUT2D eigenvalue weighted by Gasteiger charge is -2.23. The van der Waals surface area contributed by atoms with Crippen molar-refractivity contribution < 1.29 is 4.39 Å². The van der Waals surface area contributed by atoms with Crippen LogP contribution in [0.15, 0.2) is 42.5 Å². The quantitative estimate of drug-likeness (QED) is 0.844. The summed E-state index contributed by atoms with van der Waals surface area (Å²) in [4.78, 5) is 2.43. The number of nitrogens with zero attached hydrogens (tertiary/aromatic N) is 1. The summed E-state index contributed by atoms with van der Waals surface area (Å²) in [5.41, 5.74) is 10.1. The molecule has 1 saturated carbocycles. The van der Waals surface area contributed by atoms with E-state index in [4.69, 9.17) is 5.73 Å². The fraction of sp³-hybridized carbons (Fsp3) is 0.333. The monoisotopic (exact) mass is 284 g/mol. The van der Waals surface area contributed by atoms with Gasteiger partial charge in [-0.2, -0.15) is 0 Å². The summed E-state index contributed by atoms with van der Waals surface area (Å²) >= 11 is 0. The Morgan fingerprint density at radius 1 is 1.14 bits per heavy atom. The number of rotatable bonds is 5. The van der Waals surface area contributed by atoms with E-state index in [1.165, 1.54) is 24.5 Å². The number of halogens is 1. The summed E-state index contributed by atoms with van der Waals surface area (Å²) in [6.45, 7) is 3.70. The zero-order valence-electron chi connectivity index (χ0n) is 12.3. The minimum absolute atomic E-state index is 0.157. The molecule has 0 bridgehead atoms. The first kappa shape index (κ1) is 14.1. The van der Waals surface area contributed by atoms with Gasteiger partial charge >= 0.3 is 0 Å². The van der Waals surface area contributed by atoms with E-state index in [0.29, 0.717) is 6.04 Å². The second-order valence-corrected chi connectivity index (χ2v) is 5.95. The number of benzene rings is 2. The summed E-state index contributed by atoms with van der Waals surface area (Å²) in [6.07, 6.45) is 2.47. The van der Waals surface area contributed by atoms with Gasteiger partial charge in [0.25, 0.3) is 0 Å². The van der Waals surface area contributed by atoms with E-state index in [1.54, 1.807) is 6.07 Å². The third kappa shape index (κ3) is 3.61. The zero-order chi connectivity index (χ0) is 14.8. The lowest BCUT2D eigenvalue weighted by Crippen LogP contribution is -2.25. The minimum atomic E-state index is -0.157. The molecular formula is C18H21FN2. The summed E-state index contributed by atoms with van der Waals surface area (Å²) < 4.78 is 13.5. The molecule has 0 aromatic heterocycles. The first-order chi connectivity index (χ1) is 10.1. The molecule has 2 N–H and O–H groups in total. The van der Waals surface area contributed by atoms with Gasteiger partial charge in [0, 0.05) is 24.8 Å². The molecule has 1 aliphatic rings. The first-order valence-electron chi connectivity index (χ1n) is 7.45. The van der Waals surface area contributed by atoms with E-state index in [-0.39, 0.29) is 5.82 Å². The van der Waals surface area contributed by atoms with Crippen LogP contribution in [0, 0.1) is 12.7 Å². The predicted molar refractivity (Wildman–Crippen MR) is 84.3 cm³/mol. The molecule has 0 amide bonds. The zero-order valence-corrected chi connectivity index (χ0v) is 12.3. The van der Waals surface area contributed by atoms with Crippen LogP contribution in [0.5, 0.6) is 0 Å². The topological polar surface area (TPSA) is 29.3 Å². The third-order valence-corrected chi connectivity index (χ3v) is 4.08. The van der Waals surface area contributed by atoms with Crippen LogP contribution in [0.25, 0.3) is 0 Å². The molecule has 0 atom stereocenters. The van der Waals surface area contributed by atoms with Crippen molar-refractivity contribution in [2.45, 2.75) is 38.9 Å². The average molecular weight is 284 g/mol. The summed E-state index contributed by atoms with van der Waals surface area (Å²) in [5.74, 6) is -0.157. The molecule has 0 aliphatic heterocycles. The molecule has 21 heavy (non-hydrogen) atoms. The first-order valence-corrected chi connectivity index (χ1v) is 7.45. The van der Waals surface area contributed by atoms with Crippen LogP contribution < -0.4 is 5.73 Å². The molecule has 0 saturated heterocycles.